The maximum absolute atomic E-state index is 9.36. The van der Waals surface area contributed by atoms with Gasteiger partial charge in [-0.2, -0.15) is 5.26 Å². The maximum Gasteiger partial charge on any atom is 0.0991 e. The first-order valence-electron chi connectivity index (χ1n) is 14.4. The van der Waals surface area contributed by atoms with E-state index >= 15 is 0 Å². The minimum Gasteiger partial charge on any atom is -0.310 e. The Labute approximate surface area is 245 Å². The summed E-state index contributed by atoms with van der Waals surface area (Å²) in [6.07, 6.45) is 0. The van der Waals surface area contributed by atoms with Crippen molar-refractivity contribution in [1.29, 1.82) is 5.26 Å². The third kappa shape index (κ3) is 3.51. The Kier molecular flexibility index (Phi) is 5.27. The summed E-state index contributed by atoms with van der Waals surface area (Å²) < 4.78 is 0. The van der Waals surface area contributed by atoms with Crippen molar-refractivity contribution in [1.82, 2.24) is 0 Å². The highest BCUT2D eigenvalue weighted by Crippen LogP contribution is 2.55. The Hall–Kier alpha value is -5.39. The van der Waals surface area contributed by atoms with Crippen LogP contribution in [0.1, 0.15) is 30.5 Å². The molecule has 0 atom stereocenters. The van der Waals surface area contributed by atoms with Gasteiger partial charge in [0.15, 0.2) is 0 Å². The lowest BCUT2D eigenvalue weighted by molar-refractivity contribution is 0.667. The minimum atomic E-state index is -0.148. The van der Waals surface area contributed by atoms with E-state index in [2.05, 4.69) is 128 Å². The molecule has 0 heterocycles. The van der Waals surface area contributed by atoms with E-state index in [-0.39, 0.29) is 5.41 Å². The molecule has 198 valence electrons. The van der Waals surface area contributed by atoms with Crippen LogP contribution in [-0.4, -0.2) is 0 Å². The van der Waals surface area contributed by atoms with Gasteiger partial charge in [0.2, 0.25) is 0 Å². The average molecular weight is 537 g/mol. The van der Waals surface area contributed by atoms with Crippen molar-refractivity contribution >= 4 is 49.4 Å². The van der Waals surface area contributed by atoms with E-state index < -0.39 is 0 Å². The molecule has 2 heteroatoms. The van der Waals surface area contributed by atoms with Crippen LogP contribution < -0.4 is 4.90 Å². The van der Waals surface area contributed by atoms with E-state index in [0.29, 0.717) is 5.56 Å². The van der Waals surface area contributed by atoms with Crippen LogP contribution >= 0.6 is 0 Å². The summed E-state index contributed by atoms with van der Waals surface area (Å²) in [5.41, 5.74) is 9.19. The molecule has 0 saturated heterocycles. The zero-order valence-corrected chi connectivity index (χ0v) is 23.6. The monoisotopic (exact) mass is 536 g/mol. The van der Waals surface area contributed by atoms with Crippen LogP contribution in [0.4, 0.5) is 17.1 Å². The van der Waals surface area contributed by atoms with Crippen molar-refractivity contribution in [2.75, 3.05) is 4.90 Å². The predicted octanol–water partition coefficient (Wildman–Crippen LogP) is 10.8. The van der Waals surface area contributed by atoms with Crippen molar-refractivity contribution in [2.45, 2.75) is 19.3 Å². The number of hydrogen-bond acceptors (Lipinski definition) is 2. The Bertz CT molecular complexity index is 2220. The zero-order chi connectivity index (χ0) is 28.4. The quantitative estimate of drug-likeness (QED) is 0.210. The topological polar surface area (TPSA) is 27.0 Å². The molecule has 0 amide bonds. The molecule has 42 heavy (non-hydrogen) atoms. The second-order valence-corrected chi connectivity index (χ2v) is 11.7. The number of anilines is 3. The molecule has 7 aromatic carbocycles. The molecule has 8 rings (SSSR count). The average Bonchev–Trinajstić information content (AvgIpc) is 3.27. The van der Waals surface area contributed by atoms with Crippen LogP contribution in [0.3, 0.4) is 0 Å². The van der Waals surface area contributed by atoms with E-state index in [9.17, 15) is 5.26 Å². The number of para-hydroxylation sites is 1. The maximum atomic E-state index is 9.36. The van der Waals surface area contributed by atoms with E-state index in [1.807, 2.05) is 30.3 Å². The van der Waals surface area contributed by atoms with Crippen LogP contribution in [0.5, 0.6) is 0 Å². The van der Waals surface area contributed by atoms with Gasteiger partial charge in [-0.25, -0.2) is 0 Å². The molecule has 2 nitrogen and oxygen atoms in total. The molecule has 0 N–H and O–H groups in total. The van der Waals surface area contributed by atoms with Gasteiger partial charge in [-0.3, -0.25) is 0 Å². The van der Waals surface area contributed by atoms with E-state index in [1.165, 1.54) is 54.6 Å². The molecule has 0 spiro atoms. The summed E-state index contributed by atoms with van der Waals surface area (Å²) in [5, 5.41) is 17.1. The summed E-state index contributed by atoms with van der Waals surface area (Å²) in [4.78, 5) is 2.26. The standard InChI is InChI=1S/C40H28N2/c1-40(2)37-24-28-22-31(42(29-10-4-3-5-11-29)30-19-16-26(25-41)17-20-30)21-18-27(28)23-36(37)38-34-14-8-6-12-32(34)33-13-7-9-15-35(33)39(38)40/h3-24H,1-2H3. The molecular weight excluding hydrogens is 508 g/mol. The summed E-state index contributed by atoms with van der Waals surface area (Å²) in [5.74, 6) is 0. The van der Waals surface area contributed by atoms with Gasteiger partial charge in [-0.05, 0) is 115 Å². The highest BCUT2D eigenvalue weighted by Gasteiger charge is 2.38. The highest BCUT2D eigenvalue weighted by atomic mass is 15.1. The van der Waals surface area contributed by atoms with Gasteiger partial charge >= 0.3 is 0 Å². The molecule has 0 aliphatic heterocycles. The SMILES string of the molecule is CC1(C)c2cc3cc(N(c4ccccc4)c4ccc(C#N)cc4)ccc3cc2-c2c1c1ccccc1c1ccccc21. The third-order valence-electron chi connectivity index (χ3n) is 8.99. The van der Waals surface area contributed by atoms with Gasteiger partial charge in [0.25, 0.3) is 0 Å². The summed E-state index contributed by atoms with van der Waals surface area (Å²) in [6, 6.07) is 49.8. The number of rotatable bonds is 3. The van der Waals surface area contributed by atoms with Gasteiger partial charge in [0, 0.05) is 22.5 Å². The Morgan fingerprint density at radius 3 is 1.86 bits per heavy atom. The first-order valence-corrected chi connectivity index (χ1v) is 14.4. The Balaban J connectivity index is 1.36. The van der Waals surface area contributed by atoms with Crippen LogP contribution in [0.2, 0.25) is 0 Å². The number of nitrogens with zero attached hydrogens (tertiary/aromatic N) is 2. The van der Waals surface area contributed by atoms with Crippen molar-refractivity contribution in [3.05, 3.63) is 150 Å². The fourth-order valence-corrected chi connectivity index (χ4v) is 7.06. The van der Waals surface area contributed by atoms with E-state index in [1.54, 1.807) is 0 Å². The first kappa shape index (κ1) is 24.4. The lowest BCUT2D eigenvalue weighted by atomic mass is 9.79. The molecular formula is C40H28N2. The Morgan fingerprint density at radius 1 is 0.548 bits per heavy atom. The van der Waals surface area contributed by atoms with Crippen LogP contribution in [-0.2, 0) is 5.41 Å². The molecule has 0 radical (unpaired) electrons. The van der Waals surface area contributed by atoms with Crippen molar-refractivity contribution in [3.8, 4) is 17.2 Å². The summed E-state index contributed by atoms with van der Waals surface area (Å²) in [6.45, 7) is 4.75. The third-order valence-corrected chi connectivity index (χ3v) is 8.99. The fraction of sp³-hybridized carbons (Fsp3) is 0.0750. The molecule has 0 fully saturated rings. The van der Waals surface area contributed by atoms with E-state index in [0.717, 1.165) is 17.1 Å². The molecule has 1 aliphatic rings. The Morgan fingerprint density at radius 2 is 1.14 bits per heavy atom. The first-order chi connectivity index (χ1) is 20.5. The smallest absolute Gasteiger partial charge is 0.0991 e. The van der Waals surface area contributed by atoms with Crippen molar-refractivity contribution < 1.29 is 0 Å². The van der Waals surface area contributed by atoms with Crippen LogP contribution in [0.15, 0.2) is 133 Å². The molecule has 0 aromatic heterocycles. The summed E-state index contributed by atoms with van der Waals surface area (Å²) in [7, 11) is 0. The number of nitriles is 1. The lowest BCUT2D eigenvalue weighted by Crippen LogP contribution is -2.15. The normalized spacial score (nSPS) is 13.2. The van der Waals surface area contributed by atoms with Gasteiger partial charge in [-0.1, -0.05) is 86.6 Å². The number of hydrogen-bond donors (Lipinski definition) is 0. The fourth-order valence-electron chi connectivity index (χ4n) is 7.06. The largest absolute Gasteiger partial charge is 0.310 e. The summed E-state index contributed by atoms with van der Waals surface area (Å²) >= 11 is 0. The molecule has 0 saturated carbocycles. The van der Waals surface area contributed by atoms with Gasteiger partial charge in [0.1, 0.15) is 0 Å². The minimum absolute atomic E-state index is 0.148. The molecule has 0 bridgehead atoms. The van der Waals surface area contributed by atoms with Gasteiger partial charge in [0.05, 0.1) is 11.6 Å². The second kappa shape index (κ2) is 9.06. The van der Waals surface area contributed by atoms with Gasteiger partial charge < -0.3 is 4.90 Å². The zero-order valence-electron chi connectivity index (χ0n) is 23.6. The second-order valence-electron chi connectivity index (χ2n) is 11.7. The molecule has 0 unspecified atom stereocenters. The highest BCUT2D eigenvalue weighted by molar-refractivity contribution is 6.19. The number of fused-ring (bicyclic) bond motifs is 9. The van der Waals surface area contributed by atoms with Gasteiger partial charge in [-0.15, -0.1) is 0 Å². The van der Waals surface area contributed by atoms with E-state index in [4.69, 9.17) is 0 Å². The molecule has 7 aromatic rings. The predicted molar refractivity (Wildman–Crippen MR) is 176 cm³/mol. The molecule has 1 aliphatic carbocycles. The van der Waals surface area contributed by atoms with Crippen molar-refractivity contribution in [2.24, 2.45) is 0 Å². The van der Waals surface area contributed by atoms with Crippen molar-refractivity contribution in [3.63, 3.8) is 0 Å². The van der Waals surface area contributed by atoms with Crippen LogP contribution in [0.25, 0.3) is 43.4 Å². The number of benzene rings is 7. The lowest BCUT2D eigenvalue weighted by Gasteiger charge is -2.26. The van der Waals surface area contributed by atoms with Crippen LogP contribution in [0, 0.1) is 11.3 Å².